The van der Waals surface area contributed by atoms with Crippen LogP contribution in [0.4, 0.5) is 0 Å². The number of carbonyl (C=O) groups is 2. The van der Waals surface area contributed by atoms with Gasteiger partial charge in [0.15, 0.2) is 5.82 Å². The zero-order chi connectivity index (χ0) is 17.4. The fraction of sp³-hybridized carbons (Fsp3) is 0.412. The lowest BCUT2D eigenvalue weighted by Crippen LogP contribution is -2.47. The molecule has 1 N–H and O–H groups in total. The Morgan fingerprint density at radius 3 is 3.00 bits per heavy atom. The number of amides is 2. The van der Waals surface area contributed by atoms with E-state index in [0.29, 0.717) is 43.5 Å². The van der Waals surface area contributed by atoms with E-state index in [1.165, 1.54) is 0 Å². The summed E-state index contributed by atoms with van der Waals surface area (Å²) in [4.78, 5) is 32.7. The number of nitrogens with one attached hydrogen (secondary N) is 1. The van der Waals surface area contributed by atoms with Crippen LogP contribution in [0.15, 0.2) is 24.3 Å². The summed E-state index contributed by atoms with van der Waals surface area (Å²) in [5.74, 6) is 1.10. The third-order valence-corrected chi connectivity index (χ3v) is 4.54. The molecule has 2 aromatic rings. The smallest absolute Gasteiger partial charge is 0.254 e. The molecule has 0 spiro atoms. The number of ether oxygens (including phenoxy) is 1. The molecule has 1 atom stereocenters. The van der Waals surface area contributed by atoms with Crippen LogP contribution in [0.5, 0.6) is 0 Å². The summed E-state index contributed by atoms with van der Waals surface area (Å²) < 4.78 is 5.68. The summed E-state index contributed by atoms with van der Waals surface area (Å²) in [6.45, 7) is 3.71. The monoisotopic (exact) mass is 341 g/mol. The average molecular weight is 341 g/mol. The van der Waals surface area contributed by atoms with Gasteiger partial charge in [-0.15, -0.1) is 0 Å². The fourth-order valence-electron chi connectivity index (χ4n) is 3.24. The molecule has 0 unspecified atom stereocenters. The van der Waals surface area contributed by atoms with Crippen molar-refractivity contribution in [2.75, 3.05) is 26.2 Å². The second-order valence-electron chi connectivity index (χ2n) is 6.30. The number of hydrogen-bond donors (Lipinski definition) is 1. The molecule has 25 heavy (non-hydrogen) atoms. The molecule has 3 heterocycles. The van der Waals surface area contributed by atoms with Gasteiger partial charge in [-0.05, 0) is 18.6 Å². The van der Waals surface area contributed by atoms with Crippen molar-refractivity contribution in [2.45, 2.75) is 19.6 Å². The van der Waals surface area contributed by atoms with Crippen LogP contribution < -0.4 is 0 Å². The Morgan fingerprint density at radius 2 is 2.24 bits per heavy atom. The molecule has 0 saturated carbocycles. The standard InChI is InChI=1S/C17H19N5O3/c1-11-18-16(20-19-11)14-9-21(6-7-25-14)15(23)10-22-8-12-4-2-3-5-13(12)17(22)24/h2-5,14H,6-10H2,1H3,(H,18,19,20)/t14-/m1/s1. The van der Waals surface area contributed by atoms with E-state index in [4.69, 9.17) is 4.74 Å². The Bertz CT molecular complexity index is 818. The first-order valence-corrected chi connectivity index (χ1v) is 8.27. The van der Waals surface area contributed by atoms with Gasteiger partial charge in [0, 0.05) is 18.7 Å². The number of carbonyl (C=O) groups excluding carboxylic acids is 2. The SMILES string of the molecule is Cc1nc([C@H]2CN(C(=O)CN3Cc4ccccc4C3=O)CCO2)n[nH]1. The zero-order valence-electron chi connectivity index (χ0n) is 13.9. The van der Waals surface area contributed by atoms with Crippen LogP contribution in [0, 0.1) is 6.92 Å². The summed E-state index contributed by atoms with van der Waals surface area (Å²) in [6.07, 6.45) is -0.339. The van der Waals surface area contributed by atoms with Crippen LogP contribution >= 0.6 is 0 Å². The summed E-state index contributed by atoms with van der Waals surface area (Å²) in [7, 11) is 0. The molecule has 1 saturated heterocycles. The van der Waals surface area contributed by atoms with E-state index in [1.54, 1.807) is 15.9 Å². The average Bonchev–Trinajstić information content (AvgIpc) is 3.20. The van der Waals surface area contributed by atoms with Gasteiger partial charge in [0.2, 0.25) is 5.91 Å². The minimum Gasteiger partial charge on any atom is -0.366 e. The number of hydrogen-bond acceptors (Lipinski definition) is 5. The molecule has 2 aliphatic heterocycles. The van der Waals surface area contributed by atoms with E-state index in [0.717, 1.165) is 5.56 Å². The molecule has 8 heteroatoms. The highest BCUT2D eigenvalue weighted by molar-refractivity contribution is 6.00. The maximum atomic E-state index is 12.7. The third kappa shape index (κ3) is 3.00. The molecule has 1 aromatic heterocycles. The molecule has 0 aliphatic carbocycles. The fourth-order valence-corrected chi connectivity index (χ4v) is 3.24. The largest absolute Gasteiger partial charge is 0.366 e. The predicted molar refractivity (Wildman–Crippen MR) is 87.6 cm³/mol. The second-order valence-corrected chi connectivity index (χ2v) is 6.30. The van der Waals surface area contributed by atoms with Crippen LogP contribution in [0.1, 0.15) is 33.7 Å². The molecule has 4 rings (SSSR count). The van der Waals surface area contributed by atoms with Crippen LogP contribution in [-0.2, 0) is 16.1 Å². The topological polar surface area (TPSA) is 91.4 Å². The molecular formula is C17H19N5O3. The predicted octanol–water partition coefficient (Wildman–Crippen LogP) is 0.669. The third-order valence-electron chi connectivity index (χ3n) is 4.54. The Morgan fingerprint density at radius 1 is 1.40 bits per heavy atom. The van der Waals surface area contributed by atoms with E-state index < -0.39 is 0 Å². The highest BCUT2D eigenvalue weighted by Crippen LogP contribution is 2.23. The van der Waals surface area contributed by atoms with E-state index in [9.17, 15) is 9.59 Å². The zero-order valence-corrected chi connectivity index (χ0v) is 13.9. The number of aromatic amines is 1. The van der Waals surface area contributed by atoms with Crippen LogP contribution in [0.2, 0.25) is 0 Å². The number of rotatable bonds is 3. The number of benzene rings is 1. The van der Waals surface area contributed by atoms with Crippen molar-refractivity contribution in [3.63, 3.8) is 0 Å². The van der Waals surface area contributed by atoms with Crippen molar-refractivity contribution in [1.29, 1.82) is 0 Å². The van der Waals surface area contributed by atoms with E-state index in [-0.39, 0.29) is 24.5 Å². The van der Waals surface area contributed by atoms with E-state index in [1.807, 2.05) is 25.1 Å². The summed E-state index contributed by atoms with van der Waals surface area (Å²) in [5.41, 5.74) is 1.66. The lowest BCUT2D eigenvalue weighted by Gasteiger charge is -2.32. The van der Waals surface area contributed by atoms with Crippen molar-refractivity contribution in [2.24, 2.45) is 0 Å². The molecule has 2 aliphatic rings. The lowest BCUT2D eigenvalue weighted by atomic mass is 10.1. The molecule has 2 amide bonds. The van der Waals surface area contributed by atoms with Crippen LogP contribution in [0.3, 0.4) is 0 Å². The normalized spacial score (nSPS) is 20.0. The van der Waals surface area contributed by atoms with Gasteiger partial charge in [0.05, 0.1) is 13.2 Å². The number of nitrogens with zero attached hydrogens (tertiary/aromatic N) is 4. The first-order valence-electron chi connectivity index (χ1n) is 8.27. The minimum atomic E-state index is -0.339. The molecule has 8 nitrogen and oxygen atoms in total. The maximum absolute atomic E-state index is 12.7. The van der Waals surface area contributed by atoms with Crippen LogP contribution in [-0.4, -0.2) is 63.0 Å². The minimum absolute atomic E-state index is 0.0766. The number of aryl methyl sites for hydroxylation is 1. The van der Waals surface area contributed by atoms with Gasteiger partial charge in [-0.25, -0.2) is 4.98 Å². The van der Waals surface area contributed by atoms with Crippen molar-refractivity contribution >= 4 is 11.8 Å². The van der Waals surface area contributed by atoms with Gasteiger partial charge in [-0.2, -0.15) is 5.10 Å². The van der Waals surface area contributed by atoms with Crippen molar-refractivity contribution in [1.82, 2.24) is 25.0 Å². The quantitative estimate of drug-likeness (QED) is 0.886. The number of H-pyrrole nitrogens is 1. The van der Waals surface area contributed by atoms with Crippen molar-refractivity contribution < 1.29 is 14.3 Å². The second kappa shape index (κ2) is 6.29. The van der Waals surface area contributed by atoms with E-state index >= 15 is 0 Å². The Hall–Kier alpha value is -2.74. The van der Waals surface area contributed by atoms with E-state index in [2.05, 4.69) is 15.2 Å². The van der Waals surface area contributed by atoms with Gasteiger partial charge in [-0.3, -0.25) is 14.7 Å². The molecule has 1 aromatic carbocycles. The number of fused-ring (bicyclic) bond motifs is 1. The summed E-state index contributed by atoms with van der Waals surface area (Å²) in [6, 6.07) is 7.48. The maximum Gasteiger partial charge on any atom is 0.254 e. The summed E-state index contributed by atoms with van der Waals surface area (Å²) in [5, 5.41) is 6.90. The first-order chi connectivity index (χ1) is 12.1. The van der Waals surface area contributed by atoms with Crippen LogP contribution in [0.25, 0.3) is 0 Å². The Kier molecular flexibility index (Phi) is 3.96. The highest BCUT2D eigenvalue weighted by atomic mass is 16.5. The first kappa shape index (κ1) is 15.8. The van der Waals surface area contributed by atoms with Gasteiger partial charge >= 0.3 is 0 Å². The Balaban J connectivity index is 1.41. The van der Waals surface area contributed by atoms with Gasteiger partial charge in [0.25, 0.3) is 5.91 Å². The number of aromatic nitrogens is 3. The molecule has 0 bridgehead atoms. The van der Waals surface area contributed by atoms with Crippen molar-refractivity contribution in [3.05, 3.63) is 47.0 Å². The van der Waals surface area contributed by atoms with Crippen molar-refractivity contribution in [3.8, 4) is 0 Å². The van der Waals surface area contributed by atoms with Gasteiger partial charge < -0.3 is 14.5 Å². The lowest BCUT2D eigenvalue weighted by molar-refractivity contribution is -0.140. The molecule has 130 valence electrons. The number of morpholine rings is 1. The molecular weight excluding hydrogens is 322 g/mol. The molecule has 0 radical (unpaired) electrons. The Labute approximate surface area is 144 Å². The van der Waals surface area contributed by atoms with Gasteiger partial charge in [-0.1, -0.05) is 18.2 Å². The molecule has 1 fully saturated rings. The summed E-state index contributed by atoms with van der Waals surface area (Å²) >= 11 is 0. The van der Waals surface area contributed by atoms with Gasteiger partial charge in [0.1, 0.15) is 18.5 Å². The highest BCUT2D eigenvalue weighted by Gasteiger charge is 2.32.